The van der Waals surface area contributed by atoms with Crippen LogP contribution in [0, 0.1) is 5.41 Å². The van der Waals surface area contributed by atoms with Gasteiger partial charge in [0.1, 0.15) is 5.75 Å². The molecule has 0 radical (unpaired) electrons. The van der Waals surface area contributed by atoms with E-state index in [1.54, 1.807) is 7.11 Å². The summed E-state index contributed by atoms with van der Waals surface area (Å²) in [4.78, 5) is 17.4. The van der Waals surface area contributed by atoms with Crippen molar-refractivity contribution in [3.05, 3.63) is 66.5 Å². The number of hydrogen-bond donors (Lipinski definition) is 1. The van der Waals surface area contributed by atoms with Crippen LogP contribution >= 0.6 is 0 Å². The molecule has 5 rings (SSSR count). The van der Waals surface area contributed by atoms with Crippen LogP contribution < -0.4 is 9.64 Å². The average Bonchev–Trinajstić information content (AvgIpc) is 3.50. The number of anilines is 1. The molecule has 1 N–H and O–H groups in total. The molecule has 0 aliphatic carbocycles. The molecule has 1 spiro atoms. The van der Waals surface area contributed by atoms with Gasteiger partial charge in [0, 0.05) is 49.2 Å². The molecule has 160 valence electrons. The molecule has 0 bridgehead atoms. The molecule has 0 saturated carbocycles. The van der Waals surface area contributed by atoms with Gasteiger partial charge in [-0.3, -0.25) is 9.89 Å². The van der Waals surface area contributed by atoms with Crippen LogP contribution in [0.5, 0.6) is 5.75 Å². The summed E-state index contributed by atoms with van der Waals surface area (Å²) in [5, 5.41) is 6.90. The number of carbonyl (C=O) groups excluding carboxylic acids is 1. The zero-order chi connectivity index (χ0) is 21.3. The van der Waals surface area contributed by atoms with E-state index in [-0.39, 0.29) is 5.91 Å². The standard InChI is InChI=1S/C25H28N4O2/c1-31-23-8-4-20(5-9-23)24(30)28-13-10-25(11-14-28)12-15-29(18-25)22-6-2-19(3-7-22)21-16-26-27-17-21/h2-9,16-17H,10-15,18H2,1H3,(H,26,27). The molecule has 3 aromatic rings. The van der Waals surface area contributed by atoms with Crippen LogP contribution in [-0.2, 0) is 0 Å². The molecule has 6 heteroatoms. The maximum atomic E-state index is 12.9. The molecule has 0 atom stereocenters. The van der Waals surface area contributed by atoms with Crippen LogP contribution in [0.3, 0.4) is 0 Å². The summed E-state index contributed by atoms with van der Waals surface area (Å²) in [6.07, 6.45) is 7.10. The Morgan fingerprint density at radius 3 is 2.32 bits per heavy atom. The Morgan fingerprint density at radius 1 is 0.968 bits per heavy atom. The van der Waals surface area contributed by atoms with Crippen LogP contribution in [0.15, 0.2) is 60.9 Å². The smallest absolute Gasteiger partial charge is 0.253 e. The first-order chi connectivity index (χ1) is 15.2. The van der Waals surface area contributed by atoms with Gasteiger partial charge in [0.05, 0.1) is 13.3 Å². The summed E-state index contributed by atoms with van der Waals surface area (Å²) in [6.45, 7) is 3.82. The van der Waals surface area contributed by atoms with Crippen molar-refractivity contribution in [1.82, 2.24) is 15.1 Å². The number of aromatic amines is 1. The van der Waals surface area contributed by atoms with E-state index in [1.807, 2.05) is 41.6 Å². The fourth-order valence-corrected chi connectivity index (χ4v) is 4.94. The molecule has 2 aliphatic rings. The van der Waals surface area contributed by atoms with Gasteiger partial charge in [0.25, 0.3) is 5.91 Å². The van der Waals surface area contributed by atoms with Crippen molar-refractivity contribution in [3.8, 4) is 16.9 Å². The summed E-state index contributed by atoms with van der Waals surface area (Å²) >= 11 is 0. The van der Waals surface area contributed by atoms with Crippen molar-refractivity contribution >= 4 is 11.6 Å². The van der Waals surface area contributed by atoms with Crippen molar-refractivity contribution in [2.24, 2.45) is 5.41 Å². The number of carbonyl (C=O) groups is 1. The predicted molar refractivity (Wildman–Crippen MR) is 121 cm³/mol. The SMILES string of the molecule is COc1ccc(C(=O)N2CCC3(CC2)CCN(c2ccc(-c4cn[nH]c4)cc2)C3)cc1. The van der Waals surface area contributed by atoms with Gasteiger partial charge in [-0.05, 0) is 66.6 Å². The second kappa shape index (κ2) is 8.10. The zero-order valence-corrected chi connectivity index (χ0v) is 17.9. The van der Waals surface area contributed by atoms with E-state index in [0.717, 1.165) is 55.9 Å². The van der Waals surface area contributed by atoms with E-state index in [2.05, 4.69) is 39.4 Å². The lowest BCUT2D eigenvalue weighted by Gasteiger charge is -2.39. The van der Waals surface area contributed by atoms with Gasteiger partial charge in [-0.1, -0.05) is 12.1 Å². The molecule has 2 saturated heterocycles. The number of methoxy groups -OCH3 is 1. The molecule has 1 amide bonds. The number of rotatable bonds is 4. The van der Waals surface area contributed by atoms with Gasteiger partial charge in [0.15, 0.2) is 0 Å². The van der Waals surface area contributed by atoms with Crippen LogP contribution in [0.1, 0.15) is 29.6 Å². The minimum absolute atomic E-state index is 0.127. The number of nitrogens with one attached hydrogen (secondary N) is 1. The van der Waals surface area contributed by atoms with Crippen LogP contribution in [-0.4, -0.2) is 54.3 Å². The molecule has 0 unspecified atom stereocenters. The quantitative estimate of drug-likeness (QED) is 0.692. The number of likely N-dealkylation sites (tertiary alicyclic amines) is 1. The van der Waals surface area contributed by atoms with Crippen LogP contribution in [0.4, 0.5) is 5.69 Å². The summed E-state index contributed by atoms with van der Waals surface area (Å²) in [7, 11) is 1.64. The van der Waals surface area contributed by atoms with Gasteiger partial charge in [0.2, 0.25) is 0 Å². The third kappa shape index (κ3) is 3.90. The number of nitrogens with zero attached hydrogens (tertiary/aromatic N) is 3. The number of piperidine rings is 1. The highest BCUT2D eigenvalue weighted by Gasteiger charge is 2.41. The van der Waals surface area contributed by atoms with Crippen molar-refractivity contribution in [3.63, 3.8) is 0 Å². The van der Waals surface area contributed by atoms with Crippen LogP contribution in [0.2, 0.25) is 0 Å². The number of H-pyrrole nitrogens is 1. The van der Waals surface area contributed by atoms with Crippen molar-refractivity contribution in [2.75, 3.05) is 38.2 Å². The maximum absolute atomic E-state index is 12.9. The second-order valence-corrected chi connectivity index (χ2v) is 8.73. The predicted octanol–water partition coefficient (Wildman–Crippen LogP) is 4.22. The molecule has 2 fully saturated rings. The van der Waals surface area contributed by atoms with Gasteiger partial charge < -0.3 is 14.5 Å². The summed E-state index contributed by atoms with van der Waals surface area (Å²) in [5.41, 5.74) is 4.62. The van der Waals surface area contributed by atoms with E-state index in [0.29, 0.717) is 5.41 Å². The fraction of sp³-hybridized carbons (Fsp3) is 0.360. The Bertz CT molecular complexity index is 1020. The number of aromatic nitrogens is 2. The number of hydrogen-bond acceptors (Lipinski definition) is 4. The number of benzene rings is 2. The highest BCUT2D eigenvalue weighted by Crippen LogP contribution is 2.42. The van der Waals surface area contributed by atoms with Gasteiger partial charge in [-0.25, -0.2) is 0 Å². The number of ether oxygens (including phenoxy) is 1. The highest BCUT2D eigenvalue weighted by molar-refractivity contribution is 5.94. The largest absolute Gasteiger partial charge is 0.497 e. The molecule has 31 heavy (non-hydrogen) atoms. The molecule has 2 aliphatic heterocycles. The first-order valence-corrected chi connectivity index (χ1v) is 10.9. The first-order valence-electron chi connectivity index (χ1n) is 10.9. The highest BCUT2D eigenvalue weighted by atomic mass is 16.5. The lowest BCUT2D eigenvalue weighted by atomic mass is 9.77. The first kappa shape index (κ1) is 19.7. The van der Waals surface area contributed by atoms with E-state index >= 15 is 0 Å². The number of amides is 1. The minimum atomic E-state index is 0.127. The van der Waals surface area contributed by atoms with Crippen molar-refractivity contribution in [2.45, 2.75) is 19.3 Å². The van der Waals surface area contributed by atoms with E-state index in [9.17, 15) is 4.79 Å². The van der Waals surface area contributed by atoms with Crippen LogP contribution in [0.25, 0.3) is 11.1 Å². The van der Waals surface area contributed by atoms with Gasteiger partial charge in [-0.2, -0.15) is 5.10 Å². The van der Waals surface area contributed by atoms with E-state index < -0.39 is 0 Å². The van der Waals surface area contributed by atoms with Crippen molar-refractivity contribution in [1.29, 1.82) is 0 Å². The normalized spacial score (nSPS) is 17.8. The Kier molecular flexibility index (Phi) is 5.14. The zero-order valence-electron chi connectivity index (χ0n) is 17.9. The topological polar surface area (TPSA) is 61.5 Å². The molecule has 6 nitrogen and oxygen atoms in total. The third-order valence-electron chi connectivity index (χ3n) is 6.95. The molecule has 3 heterocycles. The average molecular weight is 417 g/mol. The van der Waals surface area contributed by atoms with Gasteiger partial charge >= 0.3 is 0 Å². The van der Waals surface area contributed by atoms with E-state index in [4.69, 9.17) is 4.74 Å². The molecular formula is C25H28N4O2. The van der Waals surface area contributed by atoms with E-state index in [1.165, 1.54) is 17.7 Å². The van der Waals surface area contributed by atoms with Gasteiger partial charge in [-0.15, -0.1) is 0 Å². The molecule has 2 aromatic carbocycles. The fourth-order valence-electron chi connectivity index (χ4n) is 4.94. The monoisotopic (exact) mass is 416 g/mol. The molecular weight excluding hydrogens is 388 g/mol. The summed E-state index contributed by atoms with van der Waals surface area (Å²) < 4.78 is 5.20. The minimum Gasteiger partial charge on any atom is -0.497 e. The lowest BCUT2D eigenvalue weighted by Crippen LogP contribution is -2.44. The lowest BCUT2D eigenvalue weighted by molar-refractivity contribution is 0.0610. The Hall–Kier alpha value is -3.28. The summed E-state index contributed by atoms with van der Waals surface area (Å²) in [6, 6.07) is 16.2. The molecule has 1 aromatic heterocycles. The maximum Gasteiger partial charge on any atom is 0.253 e. The summed E-state index contributed by atoms with van der Waals surface area (Å²) in [5.74, 6) is 0.903. The van der Waals surface area contributed by atoms with Crippen molar-refractivity contribution < 1.29 is 9.53 Å². The third-order valence-corrected chi connectivity index (χ3v) is 6.95. The Balaban J connectivity index is 1.20. The Morgan fingerprint density at radius 2 is 1.68 bits per heavy atom. The Labute approximate surface area is 182 Å². The second-order valence-electron chi connectivity index (χ2n) is 8.73.